The third kappa shape index (κ3) is 4.16. The zero-order valence-corrected chi connectivity index (χ0v) is 14.8. The van der Waals surface area contributed by atoms with E-state index in [2.05, 4.69) is 16.8 Å². The Morgan fingerprint density at radius 2 is 2.00 bits per heavy atom. The van der Waals surface area contributed by atoms with Crippen LogP contribution in [0.25, 0.3) is 0 Å². The molecule has 1 aliphatic heterocycles. The molecule has 0 atom stereocenters. The van der Waals surface area contributed by atoms with Gasteiger partial charge in [0, 0.05) is 22.9 Å². The van der Waals surface area contributed by atoms with E-state index in [9.17, 15) is 4.79 Å². The van der Waals surface area contributed by atoms with E-state index in [0.29, 0.717) is 13.1 Å². The molecule has 0 bridgehead atoms. The normalized spacial score (nSPS) is 15.2. The quantitative estimate of drug-likeness (QED) is 0.874. The van der Waals surface area contributed by atoms with Gasteiger partial charge in [-0.25, -0.2) is 0 Å². The van der Waals surface area contributed by atoms with Gasteiger partial charge >= 0.3 is 0 Å². The number of nitrogens with zero attached hydrogens (tertiary/aromatic N) is 1. The molecular formula is C19H24N2O2S. The summed E-state index contributed by atoms with van der Waals surface area (Å²) in [6.45, 7) is 3.11. The third-order valence-electron chi connectivity index (χ3n) is 4.48. The number of hydrogen-bond donors (Lipinski definition) is 1. The van der Waals surface area contributed by atoms with Crippen LogP contribution < -0.4 is 10.1 Å². The van der Waals surface area contributed by atoms with E-state index in [4.69, 9.17) is 4.74 Å². The standard InChI is InChI=1S/C19H24N2O2S/c1-23-18-7-3-2-5-16(18)13-21(14-17-6-4-12-24-17)19(22)15-8-10-20-11-9-15/h2-7,12,15,20H,8-11,13-14H2,1H3. The number of carbonyl (C=O) groups is 1. The van der Waals surface area contributed by atoms with Crippen LogP contribution in [0, 0.1) is 5.92 Å². The van der Waals surface area contributed by atoms with Crippen molar-refractivity contribution in [2.24, 2.45) is 5.92 Å². The van der Waals surface area contributed by atoms with Crippen molar-refractivity contribution >= 4 is 17.2 Å². The van der Waals surface area contributed by atoms with E-state index in [1.54, 1.807) is 18.4 Å². The van der Waals surface area contributed by atoms with Crippen LogP contribution in [0.1, 0.15) is 23.3 Å². The number of amides is 1. The van der Waals surface area contributed by atoms with Gasteiger partial charge in [0.2, 0.25) is 5.91 Å². The predicted octanol–water partition coefficient (Wildman–Crippen LogP) is 3.29. The number of piperidine rings is 1. The van der Waals surface area contributed by atoms with Gasteiger partial charge in [-0.2, -0.15) is 0 Å². The Bertz CT molecular complexity index is 651. The molecule has 2 heterocycles. The fourth-order valence-corrected chi connectivity index (χ4v) is 3.89. The molecule has 1 fully saturated rings. The van der Waals surface area contributed by atoms with Crippen LogP contribution in [0.2, 0.25) is 0 Å². The first-order valence-corrected chi connectivity index (χ1v) is 9.29. The second kappa shape index (κ2) is 8.31. The van der Waals surface area contributed by atoms with E-state index >= 15 is 0 Å². The largest absolute Gasteiger partial charge is 0.496 e. The summed E-state index contributed by atoms with van der Waals surface area (Å²) in [7, 11) is 1.68. The molecule has 1 aromatic carbocycles. The Balaban J connectivity index is 1.79. The summed E-state index contributed by atoms with van der Waals surface area (Å²) in [5.74, 6) is 1.23. The number of ether oxygens (including phenoxy) is 1. The number of methoxy groups -OCH3 is 1. The Labute approximate surface area is 147 Å². The van der Waals surface area contributed by atoms with Crippen LogP contribution in [0.5, 0.6) is 5.75 Å². The molecule has 1 aliphatic rings. The van der Waals surface area contributed by atoms with Crippen LogP contribution >= 0.6 is 11.3 Å². The average molecular weight is 344 g/mol. The third-order valence-corrected chi connectivity index (χ3v) is 5.34. The number of benzene rings is 1. The van der Waals surface area contributed by atoms with Crippen LogP contribution in [-0.4, -0.2) is 31.0 Å². The van der Waals surface area contributed by atoms with Crippen molar-refractivity contribution in [1.82, 2.24) is 10.2 Å². The number of para-hydroxylation sites is 1. The van der Waals surface area contributed by atoms with Crippen molar-refractivity contribution in [2.75, 3.05) is 20.2 Å². The molecule has 1 N–H and O–H groups in total. The minimum atomic E-state index is 0.126. The molecule has 4 nitrogen and oxygen atoms in total. The van der Waals surface area contributed by atoms with Gasteiger partial charge in [-0.05, 0) is 43.4 Å². The molecule has 5 heteroatoms. The lowest BCUT2D eigenvalue weighted by Gasteiger charge is -2.30. The van der Waals surface area contributed by atoms with Crippen molar-refractivity contribution in [3.63, 3.8) is 0 Å². The monoisotopic (exact) mass is 344 g/mol. The van der Waals surface area contributed by atoms with Gasteiger partial charge in [0.15, 0.2) is 0 Å². The highest BCUT2D eigenvalue weighted by Crippen LogP contribution is 2.24. The van der Waals surface area contributed by atoms with Crippen LogP contribution in [0.3, 0.4) is 0 Å². The summed E-state index contributed by atoms with van der Waals surface area (Å²) in [6, 6.07) is 12.1. The van der Waals surface area contributed by atoms with Crippen LogP contribution in [0.4, 0.5) is 0 Å². The smallest absolute Gasteiger partial charge is 0.226 e. The molecule has 3 rings (SSSR count). The molecule has 1 aromatic heterocycles. The summed E-state index contributed by atoms with van der Waals surface area (Å²) < 4.78 is 5.46. The van der Waals surface area contributed by atoms with Crippen molar-refractivity contribution in [3.05, 3.63) is 52.2 Å². The van der Waals surface area contributed by atoms with E-state index in [0.717, 1.165) is 37.2 Å². The number of carbonyl (C=O) groups excluding carboxylic acids is 1. The fraction of sp³-hybridized carbons (Fsp3) is 0.421. The van der Waals surface area contributed by atoms with E-state index in [-0.39, 0.29) is 11.8 Å². The predicted molar refractivity (Wildman–Crippen MR) is 97.2 cm³/mol. The van der Waals surface area contributed by atoms with Crippen LogP contribution in [-0.2, 0) is 17.9 Å². The average Bonchev–Trinajstić information content (AvgIpc) is 3.15. The number of hydrogen-bond acceptors (Lipinski definition) is 4. The Hall–Kier alpha value is -1.85. The zero-order chi connectivity index (χ0) is 16.8. The lowest BCUT2D eigenvalue weighted by Crippen LogP contribution is -2.40. The van der Waals surface area contributed by atoms with Gasteiger partial charge in [-0.15, -0.1) is 11.3 Å². The van der Waals surface area contributed by atoms with E-state index in [1.165, 1.54) is 4.88 Å². The molecule has 128 valence electrons. The first kappa shape index (κ1) is 17.0. The maximum Gasteiger partial charge on any atom is 0.226 e. The van der Waals surface area contributed by atoms with Crippen molar-refractivity contribution in [1.29, 1.82) is 0 Å². The van der Waals surface area contributed by atoms with Gasteiger partial charge in [-0.3, -0.25) is 4.79 Å². The van der Waals surface area contributed by atoms with E-state index < -0.39 is 0 Å². The number of rotatable bonds is 6. The highest BCUT2D eigenvalue weighted by molar-refractivity contribution is 7.09. The lowest BCUT2D eigenvalue weighted by atomic mass is 9.96. The van der Waals surface area contributed by atoms with Crippen molar-refractivity contribution in [3.8, 4) is 5.75 Å². The molecule has 0 saturated carbocycles. The summed E-state index contributed by atoms with van der Waals surface area (Å²) in [6.07, 6.45) is 1.84. The zero-order valence-electron chi connectivity index (χ0n) is 14.0. The van der Waals surface area contributed by atoms with E-state index in [1.807, 2.05) is 35.2 Å². The molecule has 1 amide bonds. The maximum absolute atomic E-state index is 13.1. The highest BCUT2D eigenvalue weighted by atomic mass is 32.1. The molecule has 0 aliphatic carbocycles. The minimum absolute atomic E-state index is 0.126. The summed E-state index contributed by atoms with van der Waals surface area (Å²) in [5, 5.41) is 5.39. The second-order valence-corrected chi connectivity index (χ2v) is 7.14. The molecule has 0 spiro atoms. The molecule has 1 saturated heterocycles. The fourth-order valence-electron chi connectivity index (χ4n) is 3.17. The molecular weight excluding hydrogens is 320 g/mol. The van der Waals surface area contributed by atoms with Gasteiger partial charge in [0.25, 0.3) is 0 Å². The number of nitrogens with one attached hydrogen (secondary N) is 1. The molecule has 0 unspecified atom stereocenters. The summed E-state index contributed by atoms with van der Waals surface area (Å²) in [4.78, 5) is 16.3. The van der Waals surface area contributed by atoms with Crippen molar-refractivity contribution < 1.29 is 9.53 Å². The second-order valence-electron chi connectivity index (χ2n) is 6.11. The highest BCUT2D eigenvalue weighted by Gasteiger charge is 2.26. The molecule has 24 heavy (non-hydrogen) atoms. The van der Waals surface area contributed by atoms with Gasteiger partial charge in [0.1, 0.15) is 5.75 Å². The number of thiophene rings is 1. The Morgan fingerprint density at radius 3 is 2.71 bits per heavy atom. The summed E-state index contributed by atoms with van der Waals surface area (Å²) >= 11 is 1.70. The topological polar surface area (TPSA) is 41.6 Å². The summed E-state index contributed by atoms with van der Waals surface area (Å²) in [5.41, 5.74) is 1.05. The molecule has 2 aromatic rings. The van der Waals surface area contributed by atoms with Gasteiger partial charge in [0.05, 0.1) is 13.7 Å². The first-order chi connectivity index (χ1) is 11.8. The van der Waals surface area contributed by atoms with Gasteiger partial charge < -0.3 is 15.0 Å². The maximum atomic E-state index is 13.1. The SMILES string of the molecule is COc1ccccc1CN(Cc1cccs1)C(=O)C1CCNCC1. The molecule has 0 radical (unpaired) electrons. The Morgan fingerprint density at radius 1 is 1.21 bits per heavy atom. The Kier molecular flexibility index (Phi) is 5.88. The minimum Gasteiger partial charge on any atom is -0.496 e. The first-order valence-electron chi connectivity index (χ1n) is 8.41. The van der Waals surface area contributed by atoms with Gasteiger partial charge in [-0.1, -0.05) is 24.3 Å². The van der Waals surface area contributed by atoms with Crippen LogP contribution in [0.15, 0.2) is 41.8 Å². The lowest BCUT2D eigenvalue weighted by molar-refractivity contribution is -0.137. The van der Waals surface area contributed by atoms with Crippen molar-refractivity contribution in [2.45, 2.75) is 25.9 Å².